The summed E-state index contributed by atoms with van der Waals surface area (Å²) < 4.78 is 34.5. The molecule has 0 radical (unpaired) electrons. The molecule has 0 aliphatic heterocycles. The highest BCUT2D eigenvalue weighted by atomic mass is 31.2. The topological polar surface area (TPSA) is 94.1 Å². The summed E-state index contributed by atoms with van der Waals surface area (Å²) in [5, 5.41) is 0. The van der Waals surface area contributed by atoms with Crippen LogP contribution < -0.4 is 4.89 Å². The van der Waals surface area contributed by atoms with Crippen molar-refractivity contribution in [2.24, 2.45) is 0 Å². The second-order valence-electron chi connectivity index (χ2n) is 15.0. The number of carbonyl (C=O) groups excluding carboxylic acids is 1. The lowest BCUT2D eigenvalue weighted by molar-refractivity contribution is -0.870. The Morgan fingerprint density at radius 2 is 1.09 bits per heavy atom. The summed E-state index contributed by atoms with van der Waals surface area (Å²) in [4.78, 5) is 25.0. The first-order valence-electron chi connectivity index (χ1n) is 21.0. The maximum Gasteiger partial charge on any atom is 0.306 e. The van der Waals surface area contributed by atoms with Crippen LogP contribution in [0.1, 0.15) is 155 Å². The van der Waals surface area contributed by atoms with E-state index >= 15 is 0 Å². The molecule has 0 saturated carbocycles. The summed E-state index contributed by atoms with van der Waals surface area (Å²) in [6.07, 6.45) is 45.2. The molecule has 0 aromatic heterocycles. The summed E-state index contributed by atoms with van der Waals surface area (Å²) in [6.45, 7) is 5.20. The minimum Gasteiger partial charge on any atom is -0.756 e. The number of quaternary nitrogens is 1. The number of likely N-dealkylation sites (N-methyl/N-ethyl adjacent to an activating group) is 1. The number of rotatable bonds is 38. The lowest BCUT2D eigenvalue weighted by Crippen LogP contribution is -2.37. The Hall–Kier alpha value is -1.80. The third kappa shape index (κ3) is 41.2. The first kappa shape index (κ1) is 51.2. The van der Waals surface area contributed by atoms with Crippen LogP contribution in [0.25, 0.3) is 0 Å². The molecule has 0 aliphatic rings. The fourth-order valence-corrected chi connectivity index (χ4v) is 6.02. The molecule has 0 N–H and O–H groups in total. The van der Waals surface area contributed by atoms with E-state index in [4.69, 9.17) is 18.5 Å². The van der Waals surface area contributed by atoms with Crippen LogP contribution in [0.5, 0.6) is 0 Å². The van der Waals surface area contributed by atoms with Gasteiger partial charge in [-0.05, 0) is 77.0 Å². The van der Waals surface area contributed by atoms with Crippen LogP contribution in [-0.2, 0) is 27.9 Å². The predicted molar refractivity (Wildman–Crippen MR) is 222 cm³/mol. The molecule has 2 atom stereocenters. The number of carbonyl (C=O) groups is 1. The van der Waals surface area contributed by atoms with Crippen molar-refractivity contribution >= 4 is 13.8 Å². The lowest BCUT2D eigenvalue weighted by Gasteiger charge is -2.28. The normalized spacial score (nSPS) is 14.5. The predicted octanol–water partition coefficient (Wildman–Crippen LogP) is 11.5. The van der Waals surface area contributed by atoms with E-state index < -0.39 is 13.9 Å². The summed E-state index contributed by atoms with van der Waals surface area (Å²) in [6, 6.07) is 0. The number of ether oxygens (including phenoxy) is 2. The van der Waals surface area contributed by atoms with Gasteiger partial charge in [-0.15, -0.1) is 0 Å². The highest BCUT2D eigenvalue weighted by Gasteiger charge is 2.20. The quantitative estimate of drug-likeness (QED) is 0.0203. The van der Waals surface area contributed by atoms with Gasteiger partial charge < -0.3 is 27.9 Å². The summed E-state index contributed by atoms with van der Waals surface area (Å²) in [7, 11) is 1.32. The third-order valence-electron chi connectivity index (χ3n) is 8.55. The molecule has 0 aromatic rings. The molecule has 0 amide bonds. The molecule has 0 rings (SSSR count). The van der Waals surface area contributed by atoms with Crippen molar-refractivity contribution in [3.05, 3.63) is 60.8 Å². The average molecular weight is 766 g/mol. The first-order valence-corrected chi connectivity index (χ1v) is 22.5. The fraction of sp³-hybridized carbons (Fsp3) is 0.750. The van der Waals surface area contributed by atoms with Gasteiger partial charge in [0.05, 0.1) is 34.4 Å². The maximum atomic E-state index is 12.6. The van der Waals surface area contributed by atoms with E-state index in [1.54, 1.807) is 0 Å². The van der Waals surface area contributed by atoms with Crippen molar-refractivity contribution in [3.63, 3.8) is 0 Å². The number of nitrogens with zero attached hydrogens (tertiary/aromatic N) is 1. The fourth-order valence-electron chi connectivity index (χ4n) is 5.29. The van der Waals surface area contributed by atoms with Gasteiger partial charge in [0.1, 0.15) is 19.3 Å². The molecule has 0 bridgehead atoms. The molecule has 0 spiro atoms. The number of phosphoric ester groups is 1. The van der Waals surface area contributed by atoms with Crippen LogP contribution in [0.15, 0.2) is 60.8 Å². The van der Waals surface area contributed by atoms with E-state index in [1.165, 1.54) is 70.6 Å². The van der Waals surface area contributed by atoms with Gasteiger partial charge in [0.15, 0.2) is 0 Å². The molecule has 8 nitrogen and oxygen atoms in total. The van der Waals surface area contributed by atoms with E-state index in [9.17, 15) is 14.3 Å². The van der Waals surface area contributed by atoms with Crippen LogP contribution in [0, 0.1) is 0 Å². The van der Waals surface area contributed by atoms with Crippen LogP contribution in [0.3, 0.4) is 0 Å². The number of allylic oxidation sites excluding steroid dienone is 10. The van der Waals surface area contributed by atoms with Gasteiger partial charge >= 0.3 is 5.97 Å². The molecule has 0 saturated heterocycles. The Morgan fingerprint density at radius 1 is 0.604 bits per heavy atom. The van der Waals surface area contributed by atoms with Crippen LogP contribution in [0.4, 0.5) is 0 Å². The van der Waals surface area contributed by atoms with E-state index in [0.29, 0.717) is 24.1 Å². The van der Waals surface area contributed by atoms with E-state index in [1.807, 2.05) is 21.1 Å². The molecular formula is C44H80NO7P. The van der Waals surface area contributed by atoms with Crippen LogP contribution >= 0.6 is 7.82 Å². The molecule has 2 unspecified atom stereocenters. The van der Waals surface area contributed by atoms with Crippen molar-refractivity contribution in [2.45, 2.75) is 161 Å². The second-order valence-corrected chi connectivity index (χ2v) is 16.4. The van der Waals surface area contributed by atoms with Crippen molar-refractivity contribution in [3.8, 4) is 0 Å². The van der Waals surface area contributed by atoms with E-state index in [2.05, 4.69) is 74.6 Å². The number of hydrogen-bond acceptors (Lipinski definition) is 7. The van der Waals surface area contributed by atoms with Gasteiger partial charge in [0.25, 0.3) is 7.82 Å². The molecule has 53 heavy (non-hydrogen) atoms. The Balaban J connectivity index is 4.29. The van der Waals surface area contributed by atoms with Crippen molar-refractivity contribution in [2.75, 3.05) is 54.1 Å². The van der Waals surface area contributed by atoms with Gasteiger partial charge in [-0.25, -0.2) is 0 Å². The van der Waals surface area contributed by atoms with Gasteiger partial charge in [-0.3, -0.25) is 9.36 Å². The maximum absolute atomic E-state index is 12.6. The molecule has 0 aliphatic carbocycles. The number of esters is 1. The van der Waals surface area contributed by atoms with Gasteiger partial charge in [-0.1, -0.05) is 132 Å². The van der Waals surface area contributed by atoms with Crippen molar-refractivity contribution in [1.82, 2.24) is 0 Å². The lowest BCUT2D eigenvalue weighted by atomic mass is 10.1. The van der Waals surface area contributed by atoms with E-state index in [-0.39, 0.29) is 32.2 Å². The Kier molecular flexibility index (Phi) is 35.9. The highest BCUT2D eigenvalue weighted by molar-refractivity contribution is 7.45. The smallest absolute Gasteiger partial charge is 0.306 e. The summed E-state index contributed by atoms with van der Waals surface area (Å²) in [5.74, 6) is -0.368. The van der Waals surface area contributed by atoms with Crippen LogP contribution in [0.2, 0.25) is 0 Å². The molecule has 308 valence electrons. The van der Waals surface area contributed by atoms with Crippen LogP contribution in [-0.4, -0.2) is 70.7 Å². The van der Waals surface area contributed by atoms with Gasteiger partial charge in [-0.2, -0.15) is 0 Å². The zero-order chi connectivity index (χ0) is 39.1. The number of hydrogen-bond donors (Lipinski definition) is 0. The zero-order valence-corrected chi connectivity index (χ0v) is 35.6. The van der Waals surface area contributed by atoms with Gasteiger partial charge in [0.2, 0.25) is 0 Å². The third-order valence-corrected chi connectivity index (χ3v) is 9.52. The minimum atomic E-state index is -4.53. The molecular weight excluding hydrogens is 685 g/mol. The Bertz CT molecular complexity index is 1030. The monoisotopic (exact) mass is 766 g/mol. The van der Waals surface area contributed by atoms with Gasteiger partial charge in [0, 0.05) is 13.0 Å². The summed E-state index contributed by atoms with van der Waals surface area (Å²) >= 11 is 0. The summed E-state index contributed by atoms with van der Waals surface area (Å²) in [5.41, 5.74) is 0. The number of unbranched alkanes of at least 4 members (excludes halogenated alkanes) is 14. The Labute approximate surface area is 326 Å². The largest absolute Gasteiger partial charge is 0.756 e. The molecule has 9 heteroatoms. The zero-order valence-electron chi connectivity index (χ0n) is 34.7. The standard InChI is InChI=1S/C44H80NO7P/c1-6-8-10-12-14-16-18-20-21-22-23-24-26-28-30-32-34-36-39-49-41-43(42-51-53(47,48)50-40-38-45(3,4)5)52-44(46)37-35-33-31-29-27-25-19-17-15-13-11-9-7-2/h9,11,14-17,20-21,25,27,43H,6-8,10,12-13,18-19,22-24,26,28-42H2,1-5H3/b11-9-,16-14-,17-15-,21-20-,27-25-. The molecule has 0 fully saturated rings. The minimum absolute atomic E-state index is 0.0163. The second kappa shape index (κ2) is 37.1. The number of phosphoric acid groups is 1. The van der Waals surface area contributed by atoms with E-state index in [0.717, 1.165) is 57.8 Å². The molecule has 0 aromatic carbocycles. The van der Waals surface area contributed by atoms with Crippen molar-refractivity contribution in [1.29, 1.82) is 0 Å². The van der Waals surface area contributed by atoms with Crippen molar-refractivity contribution < 1.29 is 37.3 Å². The average Bonchev–Trinajstić information content (AvgIpc) is 3.11. The highest BCUT2D eigenvalue weighted by Crippen LogP contribution is 2.38. The first-order chi connectivity index (χ1) is 25.6. The molecule has 0 heterocycles. The Morgan fingerprint density at radius 3 is 1.64 bits per heavy atom. The SMILES string of the molecule is CC/C=C\C/C=C\C/C=C\CCCCCC(=O)OC(COCCCCCCCCCC/C=C\C/C=C\CCCCC)COP(=O)([O-])OCC[N+](C)(C)C.